The molecule has 4 aromatic rings. The molecule has 4 aromatic carbocycles. The first-order chi connectivity index (χ1) is 20.9. The van der Waals surface area contributed by atoms with Gasteiger partial charge in [0.25, 0.3) is 10.0 Å². The van der Waals surface area contributed by atoms with Crippen LogP contribution in [-0.4, -0.2) is 43.8 Å². The number of amides is 2. The summed E-state index contributed by atoms with van der Waals surface area (Å²) in [5, 5.41) is 3.28. The number of nitrogens with one attached hydrogen (secondary N) is 1. The summed E-state index contributed by atoms with van der Waals surface area (Å²) in [6.07, 6.45) is 0.237. The van der Waals surface area contributed by atoms with Gasteiger partial charge in [-0.2, -0.15) is 0 Å². The third-order valence-electron chi connectivity index (χ3n) is 6.93. The molecule has 0 aliphatic carbocycles. The van der Waals surface area contributed by atoms with E-state index in [2.05, 4.69) is 21.2 Å². The molecular formula is C34H35BrClN3O4S. The van der Waals surface area contributed by atoms with E-state index in [9.17, 15) is 18.0 Å². The topological polar surface area (TPSA) is 86.8 Å². The van der Waals surface area contributed by atoms with Gasteiger partial charge in [-0.05, 0) is 74.4 Å². The van der Waals surface area contributed by atoms with E-state index in [4.69, 9.17) is 11.6 Å². The van der Waals surface area contributed by atoms with Crippen LogP contribution < -0.4 is 9.62 Å². The predicted octanol–water partition coefficient (Wildman–Crippen LogP) is 6.77. The highest BCUT2D eigenvalue weighted by Gasteiger charge is 2.35. The van der Waals surface area contributed by atoms with Crippen LogP contribution in [0.3, 0.4) is 0 Å². The Hall–Kier alpha value is -3.66. The van der Waals surface area contributed by atoms with Crippen molar-refractivity contribution in [1.29, 1.82) is 0 Å². The van der Waals surface area contributed by atoms with Crippen LogP contribution in [0.25, 0.3) is 0 Å². The van der Waals surface area contributed by atoms with E-state index in [0.29, 0.717) is 5.02 Å². The summed E-state index contributed by atoms with van der Waals surface area (Å²) >= 11 is 9.78. The van der Waals surface area contributed by atoms with E-state index in [1.54, 1.807) is 30.3 Å². The van der Waals surface area contributed by atoms with Crippen molar-refractivity contribution in [1.82, 2.24) is 10.2 Å². The number of halogens is 2. The van der Waals surface area contributed by atoms with Gasteiger partial charge < -0.3 is 10.2 Å². The molecule has 4 rings (SSSR count). The zero-order chi connectivity index (χ0) is 31.9. The molecule has 0 bridgehead atoms. The summed E-state index contributed by atoms with van der Waals surface area (Å²) in [5.41, 5.74) is 2.77. The van der Waals surface area contributed by atoms with Gasteiger partial charge in [0.05, 0.1) is 10.6 Å². The van der Waals surface area contributed by atoms with Gasteiger partial charge in [0.2, 0.25) is 11.8 Å². The van der Waals surface area contributed by atoms with Crippen LogP contribution in [0.15, 0.2) is 112 Å². The van der Waals surface area contributed by atoms with Gasteiger partial charge >= 0.3 is 0 Å². The molecule has 0 aliphatic rings. The number of aryl methyl sites for hydroxylation is 1. The van der Waals surface area contributed by atoms with Gasteiger partial charge in [0.15, 0.2) is 0 Å². The first-order valence-electron chi connectivity index (χ1n) is 14.2. The lowest BCUT2D eigenvalue weighted by atomic mass is 10.0. The Morgan fingerprint density at radius 3 is 2.16 bits per heavy atom. The number of hydrogen-bond donors (Lipinski definition) is 1. The zero-order valence-electron chi connectivity index (χ0n) is 24.8. The third-order valence-corrected chi connectivity index (χ3v) is 9.44. The van der Waals surface area contributed by atoms with Crippen LogP contribution >= 0.6 is 27.5 Å². The van der Waals surface area contributed by atoms with Gasteiger partial charge in [-0.1, -0.05) is 93.8 Å². The van der Waals surface area contributed by atoms with E-state index >= 15 is 0 Å². The van der Waals surface area contributed by atoms with E-state index in [0.717, 1.165) is 25.5 Å². The van der Waals surface area contributed by atoms with Gasteiger partial charge in [0.1, 0.15) is 12.6 Å². The summed E-state index contributed by atoms with van der Waals surface area (Å²) in [5.74, 6) is -0.872. The number of sulfonamides is 1. The SMILES string of the molecule is Cc1ccc(S(=O)(=O)N(CC(=O)N(Cc2cccc(Br)c2)[C@@H](Cc2ccccc2)C(=O)NC(C)C)c2cccc(Cl)c2)cc1. The van der Waals surface area contributed by atoms with E-state index in [1.807, 2.05) is 75.4 Å². The normalized spacial score (nSPS) is 12.0. The van der Waals surface area contributed by atoms with Crippen LogP contribution in [-0.2, 0) is 32.6 Å². The van der Waals surface area contributed by atoms with Crippen molar-refractivity contribution in [3.05, 3.63) is 129 Å². The Kier molecular flexibility index (Phi) is 11.2. The van der Waals surface area contributed by atoms with Gasteiger partial charge in [-0.15, -0.1) is 0 Å². The number of carbonyl (C=O) groups excluding carboxylic acids is 2. The second-order valence-electron chi connectivity index (χ2n) is 10.8. The first-order valence-corrected chi connectivity index (χ1v) is 16.8. The van der Waals surface area contributed by atoms with E-state index in [-0.39, 0.29) is 35.5 Å². The molecule has 0 spiro atoms. The lowest BCUT2D eigenvalue weighted by molar-refractivity contribution is -0.140. The molecule has 0 heterocycles. The average molecular weight is 697 g/mol. The number of anilines is 1. The summed E-state index contributed by atoms with van der Waals surface area (Å²) < 4.78 is 30.0. The highest BCUT2D eigenvalue weighted by atomic mass is 79.9. The molecule has 0 fully saturated rings. The molecule has 1 N–H and O–H groups in total. The Bertz CT molecular complexity index is 1700. The number of rotatable bonds is 12. The van der Waals surface area contributed by atoms with Crippen LogP contribution in [0, 0.1) is 6.92 Å². The monoisotopic (exact) mass is 695 g/mol. The smallest absolute Gasteiger partial charge is 0.264 e. The second kappa shape index (κ2) is 14.9. The lowest BCUT2D eigenvalue weighted by Crippen LogP contribution is -2.54. The maximum Gasteiger partial charge on any atom is 0.264 e. The van der Waals surface area contributed by atoms with Crippen molar-refractivity contribution in [3.63, 3.8) is 0 Å². The minimum atomic E-state index is -4.20. The summed E-state index contributed by atoms with van der Waals surface area (Å²) in [4.78, 5) is 29.7. The second-order valence-corrected chi connectivity index (χ2v) is 14.0. The third kappa shape index (κ3) is 8.71. The molecule has 230 valence electrons. The standard InChI is InChI=1S/C34H35BrClN3O4S/c1-24(2)37-34(41)32(20-26-9-5-4-6-10-26)38(22-27-11-7-12-28(35)19-27)33(40)23-39(30-14-8-13-29(36)21-30)44(42,43)31-17-15-25(3)16-18-31/h4-19,21,24,32H,20,22-23H2,1-3H3,(H,37,41)/t32-/m0/s1. The zero-order valence-corrected chi connectivity index (χ0v) is 27.9. The molecule has 0 aliphatic heterocycles. The summed E-state index contributed by atoms with van der Waals surface area (Å²) in [6, 6.07) is 28.6. The first kappa shape index (κ1) is 33.2. The Labute approximate surface area is 273 Å². The molecule has 0 radical (unpaired) electrons. The highest BCUT2D eigenvalue weighted by molar-refractivity contribution is 9.10. The molecule has 0 unspecified atom stereocenters. The summed E-state index contributed by atoms with van der Waals surface area (Å²) in [6.45, 7) is 5.10. The van der Waals surface area contributed by atoms with Crippen molar-refractivity contribution in [2.24, 2.45) is 0 Å². The maximum absolute atomic E-state index is 14.5. The van der Waals surface area contributed by atoms with Gasteiger partial charge in [0, 0.05) is 28.5 Å². The molecule has 10 heteroatoms. The summed E-state index contributed by atoms with van der Waals surface area (Å²) in [7, 11) is -4.20. The van der Waals surface area contributed by atoms with Crippen LogP contribution in [0.4, 0.5) is 5.69 Å². The van der Waals surface area contributed by atoms with Gasteiger partial charge in [-0.3, -0.25) is 13.9 Å². The molecule has 1 atom stereocenters. The van der Waals surface area contributed by atoms with Crippen LogP contribution in [0.2, 0.25) is 5.02 Å². The molecular weight excluding hydrogens is 662 g/mol. The van der Waals surface area contributed by atoms with Crippen LogP contribution in [0.1, 0.15) is 30.5 Å². The minimum Gasteiger partial charge on any atom is -0.352 e. The van der Waals surface area contributed by atoms with Crippen molar-refractivity contribution >= 4 is 55.1 Å². The van der Waals surface area contributed by atoms with Crippen molar-refractivity contribution in [3.8, 4) is 0 Å². The van der Waals surface area contributed by atoms with Crippen molar-refractivity contribution in [2.45, 2.75) is 50.7 Å². The van der Waals surface area contributed by atoms with Crippen molar-refractivity contribution < 1.29 is 18.0 Å². The van der Waals surface area contributed by atoms with Gasteiger partial charge in [-0.25, -0.2) is 8.42 Å². The fourth-order valence-electron chi connectivity index (χ4n) is 4.76. The average Bonchev–Trinajstić information content (AvgIpc) is 2.98. The molecule has 7 nitrogen and oxygen atoms in total. The predicted molar refractivity (Wildman–Crippen MR) is 179 cm³/mol. The lowest BCUT2D eigenvalue weighted by Gasteiger charge is -2.34. The molecule has 0 saturated carbocycles. The Morgan fingerprint density at radius 2 is 1.52 bits per heavy atom. The molecule has 0 aromatic heterocycles. The number of carbonyl (C=O) groups is 2. The van der Waals surface area contributed by atoms with Crippen molar-refractivity contribution in [2.75, 3.05) is 10.8 Å². The van der Waals surface area contributed by atoms with Crippen LogP contribution in [0.5, 0.6) is 0 Å². The quantitative estimate of drug-likeness (QED) is 0.177. The Morgan fingerprint density at radius 1 is 0.864 bits per heavy atom. The maximum atomic E-state index is 14.5. The molecule has 2 amide bonds. The van der Waals surface area contributed by atoms with E-state index < -0.39 is 28.5 Å². The number of nitrogens with zero attached hydrogens (tertiary/aromatic N) is 2. The largest absolute Gasteiger partial charge is 0.352 e. The highest BCUT2D eigenvalue weighted by Crippen LogP contribution is 2.27. The minimum absolute atomic E-state index is 0.0350. The number of benzene rings is 4. The molecule has 0 saturated heterocycles. The fourth-order valence-corrected chi connectivity index (χ4v) is 6.80. The molecule has 44 heavy (non-hydrogen) atoms. The number of hydrogen-bond acceptors (Lipinski definition) is 4. The van der Waals surface area contributed by atoms with E-state index in [1.165, 1.54) is 23.1 Å². The fraction of sp³-hybridized carbons (Fsp3) is 0.235. The Balaban J connectivity index is 1.81.